The van der Waals surface area contributed by atoms with Crippen molar-refractivity contribution in [3.63, 3.8) is 0 Å². The van der Waals surface area contributed by atoms with E-state index in [1.54, 1.807) is 0 Å². The second-order valence-electron chi connectivity index (χ2n) is 6.70. The van der Waals surface area contributed by atoms with Gasteiger partial charge in [-0.05, 0) is 37.8 Å². The van der Waals surface area contributed by atoms with E-state index >= 15 is 0 Å². The summed E-state index contributed by atoms with van der Waals surface area (Å²) in [5, 5.41) is 0. The van der Waals surface area contributed by atoms with Gasteiger partial charge in [-0.1, -0.05) is 6.07 Å². The molecule has 3 saturated heterocycles. The van der Waals surface area contributed by atoms with Crippen LogP contribution in [0, 0.1) is 0 Å². The second kappa shape index (κ2) is 5.67. The summed E-state index contributed by atoms with van der Waals surface area (Å²) in [4.78, 5) is 7.13. The lowest BCUT2D eigenvalue weighted by molar-refractivity contribution is -0.156. The Bertz CT molecular complexity index is 461. The smallest absolute Gasteiger partial charge is 0.0741 e. The van der Waals surface area contributed by atoms with E-state index in [4.69, 9.17) is 9.47 Å². The van der Waals surface area contributed by atoms with Gasteiger partial charge in [0.05, 0.1) is 5.60 Å². The van der Waals surface area contributed by atoms with E-state index in [0.29, 0.717) is 12.0 Å². The van der Waals surface area contributed by atoms with Crippen LogP contribution >= 0.6 is 0 Å². The minimum Gasteiger partial charge on any atom is -0.381 e. The summed E-state index contributed by atoms with van der Waals surface area (Å²) in [5.74, 6) is 0.625. The van der Waals surface area contributed by atoms with Crippen molar-refractivity contribution in [2.24, 2.45) is 0 Å². The molecule has 0 aromatic carbocycles. The maximum absolute atomic E-state index is 6.15. The van der Waals surface area contributed by atoms with Gasteiger partial charge in [-0.15, -0.1) is 0 Å². The van der Waals surface area contributed by atoms with Crippen LogP contribution in [0.3, 0.4) is 0 Å². The van der Waals surface area contributed by atoms with E-state index in [9.17, 15) is 0 Å². The van der Waals surface area contributed by atoms with Crippen LogP contribution in [0.5, 0.6) is 0 Å². The SMILES string of the molecule is c1ccc(C2CN([C@@H]3CCOC4(CCOCC4)C3)C2)nc1. The molecule has 3 fully saturated rings. The fourth-order valence-electron chi connectivity index (χ4n) is 4.02. The van der Waals surface area contributed by atoms with Crippen LogP contribution in [0.2, 0.25) is 0 Å². The van der Waals surface area contributed by atoms with Gasteiger partial charge in [0.15, 0.2) is 0 Å². The van der Waals surface area contributed by atoms with Crippen molar-refractivity contribution in [3.8, 4) is 0 Å². The Hall–Kier alpha value is -0.970. The highest BCUT2D eigenvalue weighted by atomic mass is 16.5. The van der Waals surface area contributed by atoms with Gasteiger partial charge in [-0.3, -0.25) is 9.88 Å². The Kier molecular flexibility index (Phi) is 3.69. The second-order valence-corrected chi connectivity index (χ2v) is 6.70. The van der Waals surface area contributed by atoms with Gasteiger partial charge < -0.3 is 9.47 Å². The zero-order chi connectivity index (χ0) is 14.1. The lowest BCUT2D eigenvalue weighted by atomic mass is 9.81. The molecule has 1 aromatic rings. The van der Waals surface area contributed by atoms with Gasteiger partial charge in [0.2, 0.25) is 0 Å². The first-order valence-corrected chi connectivity index (χ1v) is 8.21. The van der Waals surface area contributed by atoms with Crippen LogP contribution in [0.4, 0.5) is 0 Å². The van der Waals surface area contributed by atoms with Gasteiger partial charge in [0.25, 0.3) is 0 Å². The zero-order valence-corrected chi connectivity index (χ0v) is 12.5. The minimum atomic E-state index is 0.108. The maximum Gasteiger partial charge on any atom is 0.0741 e. The molecule has 1 aromatic heterocycles. The molecule has 21 heavy (non-hydrogen) atoms. The number of hydrogen-bond acceptors (Lipinski definition) is 4. The number of rotatable bonds is 2. The van der Waals surface area contributed by atoms with Gasteiger partial charge in [0.1, 0.15) is 0 Å². The highest BCUT2D eigenvalue weighted by molar-refractivity contribution is 5.15. The summed E-state index contributed by atoms with van der Waals surface area (Å²) >= 11 is 0. The Morgan fingerprint density at radius 3 is 2.76 bits per heavy atom. The normalized spacial score (nSPS) is 30.2. The Labute approximate surface area is 126 Å². The Balaban J connectivity index is 1.35. The lowest BCUT2D eigenvalue weighted by Gasteiger charge is -2.51. The number of hydrogen-bond donors (Lipinski definition) is 0. The predicted molar refractivity (Wildman–Crippen MR) is 80.3 cm³/mol. The monoisotopic (exact) mass is 288 g/mol. The number of pyridine rings is 1. The van der Waals surface area contributed by atoms with Gasteiger partial charge in [0, 0.05) is 56.8 Å². The summed E-state index contributed by atoms with van der Waals surface area (Å²) in [6.45, 7) is 4.96. The summed E-state index contributed by atoms with van der Waals surface area (Å²) < 4.78 is 11.7. The Morgan fingerprint density at radius 1 is 1.14 bits per heavy atom. The van der Waals surface area contributed by atoms with E-state index in [2.05, 4.69) is 22.0 Å². The topological polar surface area (TPSA) is 34.6 Å². The highest BCUT2D eigenvalue weighted by Crippen LogP contribution is 2.39. The standard InChI is InChI=1S/C17H24N2O2/c1-2-7-18-16(3-1)14-12-19(13-14)15-4-8-21-17(11-15)5-9-20-10-6-17/h1-3,7,14-15H,4-6,8-13H2/t15-/m1/s1. The van der Waals surface area contributed by atoms with Crippen LogP contribution in [-0.2, 0) is 9.47 Å². The molecule has 4 nitrogen and oxygen atoms in total. The molecular weight excluding hydrogens is 264 g/mol. The summed E-state index contributed by atoms with van der Waals surface area (Å²) in [7, 11) is 0. The third-order valence-electron chi connectivity index (χ3n) is 5.40. The highest BCUT2D eigenvalue weighted by Gasteiger charge is 2.43. The van der Waals surface area contributed by atoms with E-state index in [1.165, 1.54) is 18.5 Å². The molecule has 114 valence electrons. The van der Waals surface area contributed by atoms with E-state index < -0.39 is 0 Å². The lowest BCUT2D eigenvalue weighted by Crippen LogP contribution is -2.57. The number of likely N-dealkylation sites (tertiary alicyclic amines) is 1. The van der Waals surface area contributed by atoms with Crippen molar-refractivity contribution >= 4 is 0 Å². The predicted octanol–water partition coefficient (Wildman–Crippen LogP) is 2.21. The molecule has 4 heterocycles. The molecule has 0 aliphatic carbocycles. The largest absolute Gasteiger partial charge is 0.381 e. The molecule has 0 unspecified atom stereocenters. The molecule has 3 aliphatic heterocycles. The molecule has 4 heteroatoms. The van der Waals surface area contributed by atoms with Crippen molar-refractivity contribution < 1.29 is 9.47 Å². The quantitative estimate of drug-likeness (QED) is 0.835. The van der Waals surface area contributed by atoms with E-state index in [0.717, 1.165) is 45.8 Å². The number of aromatic nitrogens is 1. The molecule has 0 bridgehead atoms. The van der Waals surface area contributed by atoms with Crippen molar-refractivity contribution in [2.45, 2.75) is 43.2 Å². The molecule has 0 amide bonds. The molecule has 1 atom stereocenters. The fraction of sp³-hybridized carbons (Fsp3) is 0.706. The van der Waals surface area contributed by atoms with Crippen LogP contribution < -0.4 is 0 Å². The van der Waals surface area contributed by atoms with Crippen LogP contribution in [0.1, 0.15) is 37.3 Å². The average molecular weight is 288 g/mol. The van der Waals surface area contributed by atoms with Gasteiger partial charge in [-0.2, -0.15) is 0 Å². The van der Waals surface area contributed by atoms with Crippen molar-refractivity contribution in [3.05, 3.63) is 30.1 Å². The first-order valence-electron chi connectivity index (χ1n) is 8.21. The van der Waals surface area contributed by atoms with Gasteiger partial charge >= 0.3 is 0 Å². The van der Waals surface area contributed by atoms with Crippen LogP contribution in [0.15, 0.2) is 24.4 Å². The first kappa shape index (κ1) is 13.7. The van der Waals surface area contributed by atoms with Gasteiger partial charge in [-0.25, -0.2) is 0 Å². The Morgan fingerprint density at radius 2 is 2.00 bits per heavy atom. The molecular formula is C17H24N2O2. The van der Waals surface area contributed by atoms with Crippen LogP contribution in [-0.4, -0.2) is 54.4 Å². The van der Waals surface area contributed by atoms with Crippen molar-refractivity contribution in [2.75, 3.05) is 32.9 Å². The molecule has 0 N–H and O–H groups in total. The number of nitrogens with zero attached hydrogens (tertiary/aromatic N) is 2. The van der Waals surface area contributed by atoms with Crippen LogP contribution in [0.25, 0.3) is 0 Å². The first-order chi connectivity index (χ1) is 10.3. The maximum atomic E-state index is 6.15. The molecule has 0 radical (unpaired) electrons. The fourth-order valence-corrected chi connectivity index (χ4v) is 4.02. The summed E-state index contributed by atoms with van der Waals surface area (Å²) in [6.07, 6.45) is 6.41. The molecule has 4 rings (SSSR count). The molecule has 3 aliphatic rings. The van der Waals surface area contributed by atoms with E-state index in [-0.39, 0.29) is 5.60 Å². The van der Waals surface area contributed by atoms with E-state index in [1.807, 2.05) is 12.3 Å². The number of ether oxygens (including phenoxy) is 2. The average Bonchev–Trinajstić information content (AvgIpc) is 2.48. The minimum absolute atomic E-state index is 0.108. The van der Waals surface area contributed by atoms with Crippen molar-refractivity contribution in [1.82, 2.24) is 9.88 Å². The summed E-state index contributed by atoms with van der Waals surface area (Å²) in [5.41, 5.74) is 1.36. The summed E-state index contributed by atoms with van der Waals surface area (Å²) in [6, 6.07) is 6.94. The third kappa shape index (κ3) is 2.72. The molecule has 0 saturated carbocycles. The van der Waals surface area contributed by atoms with Crippen molar-refractivity contribution in [1.29, 1.82) is 0 Å². The zero-order valence-electron chi connectivity index (χ0n) is 12.5. The third-order valence-corrected chi connectivity index (χ3v) is 5.40. The molecule has 1 spiro atoms.